The van der Waals surface area contributed by atoms with Crippen LogP contribution in [0.25, 0.3) is 0 Å². The fourth-order valence-corrected chi connectivity index (χ4v) is 4.26. The topological polar surface area (TPSA) is 78.5 Å². The molecule has 0 spiro atoms. The Hall–Kier alpha value is -2.74. The largest absolute Gasteiger partial charge is 0.352 e. The predicted octanol–water partition coefficient (Wildman–Crippen LogP) is 3.06. The number of thiophene rings is 1. The molecule has 0 saturated carbocycles. The van der Waals surface area contributed by atoms with Crippen molar-refractivity contribution in [3.05, 3.63) is 58.0 Å². The molecule has 8 heteroatoms. The first-order valence-corrected chi connectivity index (χ1v) is 10.9. The number of hydrogen-bond acceptors (Lipinski definition) is 4. The summed E-state index contributed by atoms with van der Waals surface area (Å²) in [4.78, 5) is 40.1. The fraction of sp³-hybridized carbons (Fsp3) is 0.409. The molecule has 2 aromatic rings. The number of nitrogens with zero attached hydrogens (tertiary/aromatic N) is 1. The Balaban J connectivity index is 1.68. The van der Waals surface area contributed by atoms with E-state index in [1.165, 1.54) is 23.5 Å². The van der Waals surface area contributed by atoms with Gasteiger partial charge in [-0.1, -0.05) is 18.2 Å². The molecule has 0 radical (unpaired) electrons. The van der Waals surface area contributed by atoms with Crippen LogP contribution in [0.4, 0.5) is 4.39 Å². The van der Waals surface area contributed by atoms with Gasteiger partial charge in [-0.05, 0) is 56.2 Å². The Labute approximate surface area is 179 Å². The normalized spacial score (nSPS) is 15.7. The molecule has 3 amide bonds. The fourth-order valence-electron chi connectivity index (χ4n) is 3.63. The van der Waals surface area contributed by atoms with Crippen LogP contribution < -0.4 is 10.6 Å². The Morgan fingerprint density at radius 2 is 1.77 bits per heavy atom. The summed E-state index contributed by atoms with van der Waals surface area (Å²) < 4.78 is 14.0. The molecular formula is C22H26FN3O3S. The molecule has 1 atom stereocenters. The first-order chi connectivity index (χ1) is 14.4. The van der Waals surface area contributed by atoms with Crippen molar-refractivity contribution in [2.24, 2.45) is 5.92 Å². The zero-order chi connectivity index (χ0) is 21.7. The number of nitrogens with one attached hydrogen (secondary N) is 2. The van der Waals surface area contributed by atoms with Gasteiger partial charge in [0.1, 0.15) is 11.9 Å². The van der Waals surface area contributed by atoms with Crippen LogP contribution in [-0.2, 0) is 4.79 Å². The molecular weight excluding hydrogens is 405 g/mol. The number of hydrogen-bond donors (Lipinski definition) is 2. The number of rotatable bonds is 6. The Morgan fingerprint density at radius 1 is 1.07 bits per heavy atom. The summed E-state index contributed by atoms with van der Waals surface area (Å²) in [6.07, 6.45) is 1.09. The molecule has 0 aliphatic carbocycles. The van der Waals surface area contributed by atoms with Gasteiger partial charge in [0.05, 0.1) is 10.4 Å². The highest BCUT2D eigenvalue weighted by Crippen LogP contribution is 2.24. The summed E-state index contributed by atoms with van der Waals surface area (Å²) in [5.41, 5.74) is 0.0519. The molecule has 1 aromatic heterocycles. The van der Waals surface area contributed by atoms with E-state index in [-0.39, 0.29) is 35.2 Å². The molecule has 2 N–H and O–H groups in total. The van der Waals surface area contributed by atoms with E-state index in [1.54, 1.807) is 29.2 Å². The van der Waals surface area contributed by atoms with E-state index in [2.05, 4.69) is 10.6 Å². The minimum absolute atomic E-state index is 0.0519. The summed E-state index contributed by atoms with van der Waals surface area (Å²) in [6, 6.07) is 8.69. The van der Waals surface area contributed by atoms with E-state index in [1.807, 2.05) is 19.2 Å². The molecule has 160 valence electrons. The molecule has 1 aromatic carbocycles. The third kappa shape index (κ3) is 5.24. The molecule has 1 aliphatic heterocycles. The van der Waals surface area contributed by atoms with Crippen molar-refractivity contribution in [3.63, 3.8) is 0 Å². The SMILES string of the molecule is CC(C)NC(=O)[C@@H](NC(=O)c1cccs1)C1CCN(C(=O)c2ccccc2F)CC1. The van der Waals surface area contributed by atoms with Crippen LogP contribution >= 0.6 is 11.3 Å². The Morgan fingerprint density at radius 3 is 2.37 bits per heavy atom. The van der Waals surface area contributed by atoms with Crippen LogP contribution in [0.1, 0.15) is 46.7 Å². The number of benzene rings is 1. The number of piperidine rings is 1. The lowest BCUT2D eigenvalue weighted by atomic mass is 9.88. The van der Waals surface area contributed by atoms with E-state index < -0.39 is 11.9 Å². The molecule has 0 bridgehead atoms. The maximum Gasteiger partial charge on any atom is 0.262 e. The zero-order valence-corrected chi connectivity index (χ0v) is 17.9. The first kappa shape index (κ1) is 22.0. The lowest BCUT2D eigenvalue weighted by molar-refractivity contribution is -0.125. The summed E-state index contributed by atoms with van der Waals surface area (Å²) in [5, 5.41) is 7.56. The first-order valence-electron chi connectivity index (χ1n) is 10.1. The van der Waals surface area contributed by atoms with Crippen LogP contribution in [0, 0.1) is 11.7 Å². The second-order valence-electron chi connectivity index (χ2n) is 7.70. The average Bonchev–Trinajstić information content (AvgIpc) is 3.26. The molecule has 6 nitrogen and oxygen atoms in total. The maximum atomic E-state index is 14.0. The van der Waals surface area contributed by atoms with E-state index in [9.17, 15) is 18.8 Å². The van der Waals surface area contributed by atoms with Gasteiger partial charge in [0.25, 0.3) is 11.8 Å². The van der Waals surface area contributed by atoms with Crippen molar-refractivity contribution >= 4 is 29.1 Å². The summed E-state index contributed by atoms with van der Waals surface area (Å²) in [5.74, 6) is -1.51. The molecule has 1 saturated heterocycles. The number of amides is 3. The van der Waals surface area contributed by atoms with Crippen LogP contribution in [0.2, 0.25) is 0 Å². The molecule has 1 aliphatic rings. The van der Waals surface area contributed by atoms with Gasteiger partial charge in [0.15, 0.2) is 0 Å². The standard InChI is InChI=1S/C22H26FN3O3S/c1-14(2)24-21(28)19(25-20(27)18-8-5-13-30-18)15-9-11-26(12-10-15)22(29)16-6-3-4-7-17(16)23/h3-8,13-15,19H,9-12H2,1-2H3,(H,24,28)(H,25,27)/t19-/m0/s1. The van der Waals surface area contributed by atoms with E-state index in [0.717, 1.165) is 0 Å². The van der Waals surface area contributed by atoms with E-state index >= 15 is 0 Å². The minimum Gasteiger partial charge on any atom is -0.352 e. The van der Waals surface area contributed by atoms with Gasteiger partial charge in [-0.3, -0.25) is 14.4 Å². The molecule has 0 unspecified atom stereocenters. The van der Waals surface area contributed by atoms with Gasteiger partial charge in [0, 0.05) is 19.1 Å². The Bertz CT molecular complexity index is 893. The number of likely N-dealkylation sites (tertiary alicyclic amines) is 1. The van der Waals surface area contributed by atoms with Crippen molar-refractivity contribution < 1.29 is 18.8 Å². The quantitative estimate of drug-likeness (QED) is 0.738. The monoisotopic (exact) mass is 431 g/mol. The van der Waals surface area contributed by atoms with Crippen molar-refractivity contribution in [1.29, 1.82) is 0 Å². The summed E-state index contributed by atoms with van der Waals surface area (Å²) >= 11 is 1.32. The second kappa shape index (κ2) is 9.84. The van der Waals surface area contributed by atoms with E-state index in [0.29, 0.717) is 30.8 Å². The van der Waals surface area contributed by atoms with E-state index in [4.69, 9.17) is 0 Å². The van der Waals surface area contributed by atoms with Crippen LogP contribution in [-0.4, -0.2) is 47.8 Å². The molecule has 3 rings (SSSR count). The predicted molar refractivity (Wildman–Crippen MR) is 114 cm³/mol. The molecule has 1 fully saturated rings. The second-order valence-corrected chi connectivity index (χ2v) is 8.65. The molecule has 30 heavy (non-hydrogen) atoms. The van der Waals surface area contributed by atoms with Crippen molar-refractivity contribution in [3.8, 4) is 0 Å². The van der Waals surface area contributed by atoms with Crippen LogP contribution in [0.15, 0.2) is 41.8 Å². The highest BCUT2D eigenvalue weighted by molar-refractivity contribution is 7.12. The van der Waals surface area contributed by atoms with Crippen molar-refractivity contribution in [2.75, 3.05) is 13.1 Å². The third-order valence-electron chi connectivity index (χ3n) is 5.15. The van der Waals surface area contributed by atoms with Crippen molar-refractivity contribution in [1.82, 2.24) is 15.5 Å². The van der Waals surface area contributed by atoms with Crippen LogP contribution in [0.5, 0.6) is 0 Å². The van der Waals surface area contributed by atoms with Gasteiger partial charge >= 0.3 is 0 Å². The molecule has 2 heterocycles. The zero-order valence-electron chi connectivity index (χ0n) is 17.1. The average molecular weight is 432 g/mol. The lowest BCUT2D eigenvalue weighted by Crippen LogP contribution is -2.54. The van der Waals surface area contributed by atoms with Gasteiger partial charge in [-0.15, -0.1) is 11.3 Å². The van der Waals surface area contributed by atoms with Gasteiger partial charge < -0.3 is 15.5 Å². The number of carbonyl (C=O) groups excluding carboxylic acids is 3. The third-order valence-corrected chi connectivity index (χ3v) is 6.02. The van der Waals surface area contributed by atoms with Crippen molar-refractivity contribution in [2.45, 2.75) is 38.8 Å². The minimum atomic E-state index is -0.687. The number of halogens is 1. The van der Waals surface area contributed by atoms with Crippen LogP contribution in [0.3, 0.4) is 0 Å². The highest BCUT2D eigenvalue weighted by atomic mass is 32.1. The summed E-state index contributed by atoms with van der Waals surface area (Å²) in [7, 11) is 0. The van der Waals surface area contributed by atoms with Gasteiger partial charge in [-0.25, -0.2) is 4.39 Å². The summed E-state index contributed by atoms with van der Waals surface area (Å²) in [6.45, 7) is 4.54. The van der Waals surface area contributed by atoms with Gasteiger partial charge in [0.2, 0.25) is 5.91 Å². The lowest BCUT2D eigenvalue weighted by Gasteiger charge is -2.36. The smallest absolute Gasteiger partial charge is 0.262 e. The number of carbonyl (C=O) groups is 3. The Kier molecular flexibility index (Phi) is 7.20. The highest BCUT2D eigenvalue weighted by Gasteiger charge is 2.34. The van der Waals surface area contributed by atoms with Gasteiger partial charge in [-0.2, -0.15) is 0 Å². The maximum absolute atomic E-state index is 14.0.